The summed E-state index contributed by atoms with van der Waals surface area (Å²) in [6.45, 7) is 2.14. The normalized spacial score (nSPS) is 12.9. The fourth-order valence-corrected chi connectivity index (χ4v) is 3.13. The summed E-state index contributed by atoms with van der Waals surface area (Å²) < 4.78 is 7.63. The van der Waals surface area contributed by atoms with Crippen LogP contribution in [0.1, 0.15) is 24.6 Å². The highest BCUT2D eigenvalue weighted by molar-refractivity contribution is 6.35. The van der Waals surface area contributed by atoms with Crippen LogP contribution in [0, 0.1) is 0 Å². The third kappa shape index (κ3) is 2.81. The molecule has 0 fully saturated rings. The topological polar surface area (TPSA) is 31.0 Å². The van der Waals surface area contributed by atoms with Gasteiger partial charge in [-0.2, -0.15) is 0 Å². The van der Waals surface area contributed by atoms with Crippen molar-refractivity contribution in [1.82, 2.24) is 9.55 Å². The molecule has 1 unspecified atom stereocenters. The quantitative estimate of drug-likeness (QED) is 0.627. The van der Waals surface area contributed by atoms with E-state index in [0.717, 1.165) is 35.5 Å². The monoisotopic (exact) mass is 322 g/mol. The number of fused-ring (bicyclic) bond motifs is 1. The lowest BCUT2D eigenvalue weighted by Gasteiger charge is -2.17. The van der Waals surface area contributed by atoms with E-state index in [1.165, 1.54) is 0 Å². The lowest BCUT2D eigenvalue weighted by molar-refractivity contribution is 0.447. The van der Waals surface area contributed by atoms with Gasteiger partial charge in [0.25, 0.3) is 0 Å². The van der Waals surface area contributed by atoms with Gasteiger partial charge in [-0.1, -0.05) is 17.7 Å². The van der Waals surface area contributed by atoms with Crippen molar-refractivity contribution in [3.05, 3.63) is 53.2 Å². The largest absolute Gasteiger partial charge is 0.469 e. The van der Waals surface area contributed by atoms with Crippen LogP contribution >= 0.6 is 23.2 Å². The van der Waals surface area contributed by atoms with Crippen LogP contribution in [0.3, 0.4) is 0 Å². The van der Waals surface area contributed by atoms with Crippen molar-refractivity contribution in [3.8, 4) is 0 Å². The molecular weight excluding hydrogens is 307 g/mol. The minimum Gasteiger partial charge on any atom is -0.469 e. The molecule has 2 heterocycles. The summed E-state index contributed by atoms with van der Waals surface area (Å²) in [5.74, 6) is 2.45. The zero-order valence-corrected chi connectivity index (χ0v) is 13.2. The molecule has 0 spiro atoms. The molecule has 0 radical (unpaired) electrons. The summed E-state index contributed by atoms with van der Waals surface area (Å²) in [5, 5.41) is 0.715. The Morgan fingerprint density at radius 2 is 2.14 bits per heavy atom. The number of alkyl halides is 1. The Labute approximate surface area is 133 Å². The summed E-state index contributed by atoms with van der Waals surface area (Å²) in [7, 11) is 0. The highest BCUT2D eigenvalue weighted by atomic mass is 35.5. The molecule has 3 rings (SSSR count). The molecule has 3 nitrogen and oxygen atoms in total. The molecule has 0 aliphatic rings. The summed E-state index contributed by atoms with van der Waals surface area (Å²) >= 11 is 12.3. The lowest BCUT2D eigenvalue weighted by atomic mass is 10.1. The molecular formula is C16H16Cl2N2O. The minimum absolute atomic E-state index is 0.194. The summed E-state index contributed by atoms with van der Waals surface area (Å²) in [5.41, 5.74) is 1.88. The zero-order valence-electron chi connectivity index (χ0n) is 11.7. The molecule has 0 saturated heterocycles. The predicted octanol–water partition coefficient (Wildman–Crippen LogP) is 4.87. The van der Waals surface area contributed by atoms with E-state index < -0.39 is 0 Å². The first-order valence-electron chi connectivity index (χ1n) is 6.94. The molecule has 2 aromatic heterocycles. The maximum atomic E-state index is 6.38. The number of hydrogen-bond donors (Lipinski definition) is 0. The van der Waals surface area contributed by atoms with Crippen molar-refractivity contribution in [2.75, 3.05) is 5.88 Å². The van der Waals surface area contributed by atoms with Gasteiger partial charge >= 0.3 is 0 Å². The van der Waals surface area contributed by atoms with Gasteiger partial charge in [0.15, 0.2) is 0 Å². The van der Waals surface area contributed by atoms with Gasteiger partial charge in [0.2, 0.25) is 0 Å². The van der Waals surface area contributed by atoms with E-state index in [2.05, 4.69) is 16.5 Å². The van der Waals surface area contributed by atoms with Gasteiger partial charge in [0.1, 0.15) is 11.6 Å². The van der Waals surface area contributed by atoms with Crippen molar-refractivity contribution in [1.29, 1.82) is 0 Å². The van der Waals surface area contributed by atoms with Crippen LogP contribution < -0.4 is 0 Å². The molecule has 0 aliphatic heterocycles. The molecule has 5 heteroatoms. The highest BCUT2D eigenvalue weighted by Gasteiger charge is 2.18. The molecule has 0 amide bonds. The van der Waals surface area contributed by atoms with Gasteiger partial charge in [0, 0.05) is 24.8 Å². The zero-order chi connectivity index (χ0) is 14.8. The number of rotatable bonds is 5. The van der Waals surface area contributed by atoms with Crippen molar-refractivity contribution in [2.24, 2.45) is 0 Å². The Morgan fingerprint density at radius 3 is 2.86 bits per heavy atom. The summed E-state index contributed by atoms with van der Waals surface area (Å²) in [6.07, 6.45) is 3.20. The van der Waals surface area contributed by atoms with Crippen LogP contribution in [0.4, 0.5) is 0 Å². The van der Waals surface area contributed by atoms with Gasteiger partial charge in [-0.25, -0.2) is 4.98 Å². The second-order valence-electron chi connectivity index (χ2n) is 5.08. The Balaban J connectivity index is 2.07. The molecule has 3 aromatic rings. The molecule has 1 aromatic carbocycles. The van der Waals surface area contributed by atoms with Crippen LogP contribution in [0.25, 0.3) is 11.0 Å². The van der Waals surface area contributed by atoms with Crippen LogP contribution in [0.15, 0.2) is 41.0 Å². The van der Waals surface area contributed by atoms with E-state index >= 15 is 0 Å². The van der Waals surface area contributed by atoms with Crippen LogP contribution in [-0.4, -0.2) is 15.4 Å². The number of para-hydroxylation sites is 1. The van der Waals surface area contributed by atoms with Gasteiger partial charge in [-0.3, -0.25) is 0 Å². The average molecular weight is 323 g/mol. The van der Waals surface area contributed by atoms with Crippen molar-refractivity contribution < 1.29 is 4.42 Å². The number of furan rings is 1. The fraction of sp³-hybridized carbons (Fsp3) is 0.312. The Morgan fingerprint density at radius 1 is 1.29 bits per heavy atom. The molecule has 0 aliphatic carbocycles. The Bertz CT molecular complexity index is 734. The van der Waals surface area contributed by atoms with E-state index in [-0.39, 0.29) is 6.04 Å². The standard InChI is InChI=1S/C16H16Cl2N2O/c1-11(10-12-4-3-9-21-12)20-15(7-8-17)19-14-6-2-5-13(18)16(14)20/h2-6,9,11H,7-8,10H2,1H3. The van der Waals surface area contributed by atoms with Crippen molar-refractivity contribution >= 4 is 34.2 Å². The van der Waals surface area contributed by atoms with E-state index in [1.807, 2.05) is 30.3 Å². The summed E-state index contributed by atoms with van der Waals surface area (Å²) in [4.78, 5) is 4.68. The van der Waals surface area contributed by atoms with Gasteiger partial charge < -0.3 is 8.98 Å². The predicted molar refractivity (Wildman–Crippen MR) is 86.3 cm³/mol. The van der Waals surface area contributed by atoms with Crippen LogP contribution in [-0.2, 0) is 12.8 Å². The second kappa shape index (κ2) is 6.12. The Hall–Kier alpha value is -1.45. The fourth-order valence-electron chi connectivity index (χ4n) is 2.70. The number of halogens is 2. The maximum absolute atomic E-state index is 6.38. The molecule has 0 saturated carbocycles. The number of aromatic nitrogens is 2. The number of aryl methyl sites for hydroxylation is 1. The number of hydrogen-bond acceptors (Lipinski definition) is 2. The average Bonchev–Trinajstić information content (AvgIpc) is 3.07. The smallest absolute Gasteiger partial charge is 0.111 e. The lowest BCUT2D eigenvalue weighted by Crippen LogP contribution is -2.12. The molecule has 0 N–H and O–H groups in total. The Kier molecular flexibility index (Phi) is 4.22. The van der Waals surface area contributed by atoms with Crippen molar-refractivity contribution in [3.63, 3.8) is 0 Å². The van der Waals surface area contributed by atoms with Crippen molar-refractivity contribution in [2.45, 2.75) is 25.8 Å². The maximum Gasteiger partial charge on any atom is 0.111 e. The first kappa shape index (κ1) is 14.5. The van der Waals surface area contributed by atoms with Gasteiger partial charge in [-0.05, 0) is 31.2 Å². The van der Waals surface area contributed by atoms with E-state index in [0.29, 0.717) is 10.9 Å². The second-order valence-corrected chi connectivity index (χ2v) is 5.86. The third-order valence-electron chi connectivity index (χ3n) is 3.57. The minimum atomic E-state index is 0.194. The third-order valence-corrected chi connectivity index (χ3v) is 4.06. The van der Waals surface area contributed by atoms with Crippen LogP contribution in [0.2, 0.25) is 5.02 Å². The number of imidazole rings is 1. The molecule has 1 atom stereocenters. The van der Waals surface area contributed by atoms with Gasteiger partial charge in [-0.15, -0.1) is 11.6 Å². The van der Waals surface area contributed by atoms with Crippen LogP contribution in [0.5, 0.6) is 0 Å². The van der Waals surface area contributed by atoms with Gasteiger partial charge in [0.05, 0.1) is 22.3 Å². The molecule has 110 valence electrons. The van der Waals surface area contributed by atoms with E-state index in [1.54, 1.807) is 6.26 Å². The summed E-state index contributed by atoms with van der Waals surface area (Å²) in [6, 6.07) is 9.88. The number of benzene rings is 1. The molecule has 21 heavy (non-hydrogen) atoms. The molecule has 0 bridgehead atoms. The number of nitrogens with zero attached hydrogens (tertiary/aromatic N) is 2. The first-order chi connectivity index (χ1) is 10.2. The first-order valence-corrected chi connectivity index (χ1v) is 7.85. The highest BCUT2D eigenvalue weighted by Crippen LogP contribution is 2.29. The van der Waals surface area contributed by atoms with E-state index in [9.17, 15) is 0 Å². The SMILES string of the molecule is CC(Cc1ccco1)n1c(CCCl)nc2cccc(Cl)c21. The van der Waals surface area contributed by atoms with E-state index in [4.69, 9.17) is 27.6 Å².